The highest BCUT2D eigenvalue weighted by Crippen LogP contribution is 2.20. The third-order valence-corrected chi connectivity index (χ3v) is 3.15. The molecule has 0 aromatic carbocycles. The van der Waals surface area contributed by atoms with Crippen molar-refractivity contribution >= 4 is 0 Å². The smallest absolute Gasteiger partial charge is 0.213 e. The minimum Gasteiger partial charge on any atom is -0.475 e. The molecule has 1 atom stereocenters. The molecule has 1 aromatic heterocycles. The van der Waals surface area contributed by atoms with Crippen LogP contribution in [-0.4, -0.2) is 24.3 Å². The minimum atomic E-state index is 0.218. The van der Waals surface area contributed by atoms with E-state index >= 15 is 0 Å². The van der Waals surface area contributed by atoms with Crippen LogP contribution in [0.25, 0.3) is 0 Å². The zero-order chi connectivity index (χ0) is 13.0. The number of rotatable bonds is 5. The van der Waals surface area contributed by atoms with Crippen molar-refractivity contribution < 1.29 is 9.47 Å². The van der Waals surface area contributed by atoms with Crippen molar-refractivity contribution in [2.45, 2.75) is 45.3 Å². The van der Waals surface area contributed by atoms with Gasteiger partial charge in [-0.05, 0) is 30.4 Å². The zero-order valence-electron chi connectivity index (χ0n) is 11.2. The largest absolute Gasteiger partial charge is 0.475 e. The standard InChI is InChI=1S/C14H22N2O2/c1-10(2)13-6-11(8-15)7-14(16-13)18-9-12-4-3-5-17-12/h6-7,10,12H,3-5,8-9,15H2,1-2H3. The molecule has 4 heteroatoms. The van der Waals surface area contributed by atoms with Crippen LogP contribution in [0.5, 0.6) is 5.88 Å². The van der Waals surface area contributed by atoms with Gasteiger partial charge >= 0.3 is 0 Å². The molecule has 0 spiro atoms. The first kappa shape index (κ1) is 13.3. The minimum absolute atomic E-state index is 0.218. The summed E-state index contributed by atoms with van der Waals surface area (Å²) >= 11 is 0. The normalized spacial score (nSPS) is 19.4. The van der Waals surface area contributed by atoms with E-state index in [1.807, 2.05) is 12.1 Å². The first-order valence-corrected chi connectivity index (χ1v) is 6.64. The van der Waals surface area contributed by atoms with Crippen molar-refractivity contribution in [1.82, 2.24) is 4.98 Å². The van der Waals surface area contributed by atoms with Gasteiger partial charge in [0.05, 0.1) is 6.10 Å². The highest BCUT2D eigenvalue weighted by molar-refractivity contribution is 5.26. The molecule has 1 aromatic rings. The molecule has 1 aliphatic heterocycles. The van der Waals surface area contributed by atoms with E-state index < -0.39 is 0 Å². The van der Waals surface area contributed by atoms with E-state index in [4.69, 9.17) is 15.2 Å². The van der Waals surface area contributed by atoms with Gasteiger partial charge in [-0.1, -0.05) is 13.8 Å². The van der Waals surface area contributed by atoms with Crippen LogP contribution >= 0.6 is 0 Å². The van der Waals surface area contributed by atoms with Gasteiger partial charge in [-0.2, -0.15) is 0 Å². The van der Waals surface area contributed by atoms with E-state index in [1.165, 1.54) is 0 Å². The summed E-state index contributed by atoms with van der Waals surface area (Å²) in [6.07, 6.45) is 2.42. The van der Waals surface area contributed by atoms with Gasteiger partial charge in [0.2, 0.25) is 5.88 Å². The predicted octanol–water partition coefficient (Wildman–Crippen LogP) is 2.22. The van der Waals surface area contributed by atoms with Crippen LogP contribution in [0.3, 0.4) is 0 Å². The Labute approximate surface area is 108 Å². The van der Waals surface area contributed by atoms with Crippen molar-refractivity contribution in [3.05, 3.63) is 23.4 Å². The van der Waals surface area contributed by atoms with Gasteiger partial charge in [0.25, 0.3) is 0 Å². The first-order valence-electron chi connectivity index (χ1n) is 6.64. The van der Waals surface area contributed by atoms with Gasteiger partial charge in [-0.3, -0.25) is 0 Å². The summed E-state index contributed by atoms with van der Waals surface area (Å²) in [5.74, 6) is 1.04. The number of hydrogen-bond donors (Lipinski definition) is 1. The fraction of sp³-hybridized carbons (Fsp3) is 0.643. The molecule has 1 aliphatic rings. The number of nitrogens with zero attached hydrogens (tertiary/aromatic N) is 1. The highest BCUT2D eigenvalue weighted by atomic mass is 16.5. The quantitative estimate of drug-likeness (QED) is 0.870. The second-order valence-corrected chi connectivity index (χ2v) is 5.04. The van der Waals surface area contributed by atoms with Crippen molar-refractivity contribution in [3.63, 3.8) is 0 Å². The molecule has 1 fully saturated rings. The van der Waals surface area contributed by atoms with Gasteiger partial charge in [0.15, 0.2) is 0 Å². The van der Waals surface area contributed by atoms with Gasteiger partial charge in [-0.25, -0.2) is 4.98 Å². The topological polar surface area (TPSA) is 57.4 Å². The Bertz CT molecular complexity index is 387. The van der Waals surface area contributed by atoms with Gasteiger partial charge in [0.1, 0.15) is 6.61 Å². The molecular formula is C14H22N2O2. The summed E-state index contributed by atoms with van der Waals surface area (Å²) in [5.41, 5.74) is 7.79. The summed E-state index contributed by atoms with van der Waals surface area (Å²) in [7, 11) is 0. The Kier molecular flexibility index (Phi) is 4.55. The van der Waals surface area contributed by atoms with Crippen LogP contribution in [0.1, 0.15) is 43.9 Å². The summed E-state index contributed by atoms with van der Waals surface area (Å²) in [6.45, 7) is 6.18. The van der Waals surface area contributed by atoms with E-state index in [2.05, 4.69) is 18.8 Å². The maximum absolute atomic E-state index is 5.73. The molecule has 0 saturated carbocycles. The Morgan fingerprint density at radius 2 is 2.33 bits per heavy atom. The fourth-order valence-electron chi connectivity index (χ4n) is 2.02. The van der Waals surface area contributed by atoms with E-state index in [1.54, 1.807) is 0 Å². The zero-order valence-corrected chi connectivity index (χ0v) is 11.2. The number of pyridine rings is 1. The molecule has 1 unspecified atom stereocenters. The molecule has 100 valence electrons. The number of nitrogens with two attached hydrogens (primary N) is 1. The van der Waals surface area contributed by atoms with Crippen molar-refractivity contribution in [2.75, 3.05) is 13.2 Å². The van der Waals surface area contributed by atoms with Crippen molar-refractivity contribution in [1.29, 1.82) is 0 Å². The lowest BCUT2D eigenvalue weighted by atomic mass is 10.1. The molecule has 4 nitrogen and oxygen atoms in total. The molecule has 1 saturated heterocycles. The van der Waals surface area contributed by atoms with E-state index in [0.717, 1.165) is 30.7 Å². The van der Waals surface area contributed by atoms with Crippen LogP contribution in [-0.2, 0) is 11.3 Å². The van der Waals surface area contributed by atoms with Crippen LogP contribution in [0.2, 0.25) is 0 Å². The SMILES string of the molecule is CC(C)c1cc(CN)cc(OCC2CCCO2)n1. The Balaban J connectivity index is 2.03. The first-order chi connectivity index (χ1) is 8.69. The fourth-order valence-corrected chi connectivity index (χ4v) is 2.02. The summed E-state index contributed by atoms with van der Waals surface area (Å²) in [4.78, 5) is 4.51. The predicted molar refractivity (Wildman–Crippen MR) is 70.7 cm³/mol. The average molecular weight is 250 g/mol. The second kappa shape index (κ2) is 6.16. The molecule has 0 bridgehead atoms. The summed E-state index contributed by atoms with van der Waals surface area (Å²) in [6, 6.07) is 3.96. The van der Waals surface area contributed by atoms with Crippen LogP contribution in [0, 0.1) is 0 Å². The lowest BCUT2D eigenvalue weighted by Gasteiger charge is -2.13. The number of aromatic nitrogens is 1. The van der Waals surface area contributed by atoms with Crippen LogP contribution < -0.4 is 10.5 Å². The number of ether oxygens (including phenoxy) is 2. The summed E-state index contributed by atoms with van der Waals surface area (Å²) < 4.78 is 11.3. The van der Waals surface area contributed by atoms with E-state index in [9.17, 15) is 0 Å². The molecule has 18 heavy (non-hydrogen) atoms. The van der Waals surface area contributed by atoms with Gasteiger partial charge in [-0.15, -0.1) is 0 Å². The molecule has 2 heterocycles. The third kappa shape index (κ3) is 3.43. The summed E-state index contributed by atoms with van der Waals surface area (Å²) in [5, 5.41) is 0. The van der Waals surface area contributed by atoms with Gasteiger partial charge in [0, 0.05) is 24.9 Å². The molecule has 2 rings (SSSR count). The molecule has 0 radical (unpaired) electrons. The molecule has 0 aliphatic carbocycles. The maximum Gasteiger partial charge on any atom is 0.213 e. The molecule has 0 amide bonds. The van der Waals surface area contributed by atoms with E-state index in [0.29, 0.717) is 24.9 Å². The lowest BCUT2D eigenvalue weighted by molar-refractivity contribution is 0.0662. The monoisotopic (exact) mass is 250 g/mol. The average Bonchev–Trinajstić information content (AvgIpc) is 2.89. The van der Waals surface area contributed by atoms with Crippen LogP contribution in [0.4, 0.5) is 0 Å². The maximum atomic E-state index is 5.73. The Morgan fingerprint density at radius 3 is 2.94 bits per heavy atom. The molecular weight excluding hydrogens is 228 g/mol. The van der Waals surface area contributed by atoms with Crippen molar-refractivity contribution in [2.24, 2.45) is 5.73 Å². The lowest BCUT2D eigenvalue weighted by Crippen LogP contribution is -2.17. The van der Waals surface area contributed by atoms with Gasteiger partial charge < -0.3 is 15.2 Å². The number of hydrogen-bond acceptors (Lipinski definition) is 4. The second-order valence-electron chi connectivity index (χ2n) is 5.04. The van der Waals surface area contributed by atoms with Crippen molar-refractivity contribution in [3.8, 4) is 5.88 Å². The Morgan fingerprint density at radius 1 is 1.50 bits per heavy atom. The highest BCUT2D eigenvalue weighted by Gasteiger charge is 2.16. The van der Waals surface area contributed by atoms with Crippen LogP contribution in [0.15, 0.2) is 12.1 Å². The Hall–Kier alpha value is -1.13. The van der Waals surface area contributed by atoms with E-state index in [-0.39, 0.29) is 6.10 Å². The molecule has 2 N–H and O–H groups in total. The third-order valence-electron chi connectivity index (χ3n) is 3.15.